The fraction of sp³-hybridized carbons (Fsp3) is 0.429. The summed E-state index contributed by atoms with van der Waals surface area (Å²) in [6, 6.07) is 4.13. The lowest BCUT2D eigenvalue weighted by Gasteiger charge is -2.32. The minimum absolute atomic E-state index is 0.0354. The molecule has 8 heteroatoms. The molecule has 0 aromatic heterocycles. The summed E-state index contributed by atoms with van der Waals surface area (Å²) >= 11 is 0. The van der Waals surface area contributed by atoms with Crippen LogP contribution in [0.1, 0.15) is 34.7 Å². The van der Waals surface area contributed by atoms with Gasteiger partial charge in [-0.05, 0) is 36.5 Å². The van der Waals surface area contributed by atoms with Gasteiger partial charge in [0.05, 0.1) is 0 Å². The number of piperidine rings is 1. The molecule has 2 rings (SSSR count). The summed E-state index contributed by atoms with van der Waals surface area (Å²) in [6.07, 6.45) is -4.25. The van der Waals surface area contributed by atoms with Crippen molar-refractivity contribution >= 4 is 11.9 Å². The molecule has 120 valence electrons. The van der Waals surface area contributed by atoms with E-state index in [2.05, 4.69) is 0 Å². The molecule has 2 N–H and O–H groups in total. The molecule has 0 bridgehead atoms. The average Bonchev–Trinajstić information content (AvgIpc) is 2.46. The zero-order valence-electron chi connectivity index (χ0n) is 11.4. The molecule has 0 aliphatic carbocycles. The number of halogens is 3. The Morgan fingerprint density at radius 1 is 1.18 bits per heavy atom. The Labute approximate surface area is 124 Å². The van der Waals surface area contributed by atoms with Gasteiger partial charge in [-0.1, -0.05) is 6.07 Å². The van der Waals surface area contributed by atoms with Crippen molar-refractivity contribution in [3.63, 3.8) is 0 Å². The van der Waals surface area contributed by atoms with Gasteiger partial charge in [-0.2, -0.15) is 13.2 Å². The molecular weight excluding hydrogens is 303 g/mol. The highest BCUT2D eigenvalue weighted by atomic mass is 19.4. The number of aromatic hydroxyl groups is 1. The van der Waals surface area contributed by atoms with E-state index in [1.165, 1.54) is 12.1 Å². The van der Waals surface area contributed by atoms with Gasteiger partial charge in [0.15, 0.2) is 0 Å². The number of carbonyl (C=O) groups excluding carboxylic acids is 1. The fourth-order valence-corrected chi connectivity index (χ4v) is 2.57. The predicted octanol–water partition coefficient (Wildman–Crippen LogP) is 2.36. The number of nitrogens with zero attached hydrogens (tertiary/aromatic N) is 1. The lowest BCUT2D eigenvalue weighted by molar-refractivity contribution is -0.186. The molecule has 0 unspecified atom stereocenters. The molecule has 1 aliphatic rings. The van der Waals surface area contributed by atoms with Crippen molar-refractivity contribution in [3.8, 4) is 5.75 Å². The molecule has 1 aromatic carbocycles. The zero-order valence-corrected chi connectivity index (χ0v) is 11.4. The number of hydrogen-bond donors (Lipinski definition) is 2. The van der Waals surface area contributed by atoms with Crippen LogP contribution in [-0.4, -0.2) is 46.3 Å². The van der Waals surface area contributed by atoms with Crippen molar-refractivity contribution in [1.82, 2.24) is 4.90 Å². The minimum atomic E-state index is -4.87. The molecule has 1 heterocycles. The Kier molecular flexibility index (Phi) is 4.30. The molecule has 0 saturated carbocycles. The van der Waals surface area contributed by atoms with Gasteiger partial charge >= 0.3 is 18.1 Å². The van der Waals surface area contributed by atoms with Gasteiger partial charge in [-0.15, -0.1) is 0 Å². The molecule has 22 heavy (non-hydrogen) atoms. The smallest absolute Gasteiger partial charge is 0.471 e. The molecule has 1 fully saturated rings. The van der Waals surface area contributed by atoms with Crippen molar-refractivity contribution in [3.05, 3.63) is 29.3 Å². The number of hydrogen-bond acceptors (Lipinski definition) is 3. The van der Waals surface area contributed by atoms with Crippen molar-refractivity contribution < 1.29 is 33.0 Å². The highest BCUT2D eigenvalue weighted by Gasteiger charge is 2.43. The van der Waals surface area contributed by atoms with E-state index < -0.39 is 18.1 Å². The Hall–Kier alpha value is -2.25. The second-order valence-corrected chi connectivity index (χ2v) is 5.15. The van der Waals surface area contributed by atoms with Crippen LogP contribution < -0.4 is 0 Å². The van der Waals surface area contributed by atoms with E-state index in [4.69, 9.17) is 5.11 Å². The minimum Gasteiger partial charge on any atom is -0.507 e. The lowest BCUT2D eigenvalue weighted by atomic mass is 9.88. The van der Waals surface area contributed by atoms with Crippen molar-refractivity contribution in [1.29, 1.82) is 0 Å². The van der Waals surface area contributed by atoms with Gasteiger partial charge in [0, 0.05) is 13.1 Å². The monoisotopic (exact) mass is 317 g/mol. The highest BCUT2D eigenvalue weighted by molar-refractivity contribution is 5.91. The third-order valence-corrected chi connectivity index (χ3v) is 3.75. The molecular formula is C14H14F3NO4. The number of benzene rings is 1. The number of aromatic carboxylic acids is 1. The van der Waals surface area contributed by atoms with Crippen LogP contribution in [0.25, 0.3) is 0 Å². The van der Waals surface area contributed by atoms with E-state index >= 15 is 0 Å². The molecule has 1 amide bonds. The number of carboxylic acids is 1. The second kappa shape index (κ2) is 5.86. The maximum atomic E-state index is 12.4. The van der Waals surface area contributed by atoms with Gasteiger partial charge in [-0.25, -0.2) is 4.79 Å². The summed E-state index contributed by atoms with van der Waals surface area (Å²) in [5.41, 5.74) is 0.389. The van der Waals surface area contributed by atoms with Crippen LogP contribution in [0, 0.1) is 0 Å². The first-order valence-corrected chi connectivity index (χ1v) is 6.62. The molecule has 5 nitrogen and oxygen atoms in total. The number of alkyl halides is 3. The highest BCUT2D eigenvalue weighted by Crippen LogP contribution is 2.32. The van der Waals surface area contributed by atoms with Crippen LogP contribution in [-0.2, 0) is 4.79 Å². The predicted molar refractivity (Wildman–Crippen MR) is 69.7 cm³/mol. The first-order chi connectivity index (χ1) is 10.2. The summed E-state index contributed by atoms with van der Waals surface area (Å²) in [6.45, 7) is -0.0709. The van der Waals surface area contributed by atoms with E-state index in [0.717, 1.165) is 4.90 Å². The molecule has 1 aliphatic heterocycles. The van der Waals surface area contributed by atoms with Crippen LogP contribution in [0.3, 0.4) is 0 Å². The molecule has 0 spiro atoms. The summed E-state index contributed by atoms with van der Waals surface area (Å²) in [4.78, 5) is 22.9. The summed E-state index contributed by atoms with van der Waals surface area (Å²) in [5, 5.41) is 18.4. The van der Waals surface area contributed by atoms with Gasteiger partial charge in [0.2, 0.25) is 0 Å². The van der Waals surface area contributed by atoms with Crippen LogP contribution in [0.5, 0.6) is 5.75 Å². The normalized spacial score (nSPS) is 16.6. The second-order valence-electron chi connectivity index (χ2n) is 5.15. The zero-order chi connectivity index (χ0) is 16.5. The van der Waals surface area contributed by atoms with Crippen molar-refractivity contribution in [2.45, 2.75) is 24.9 Å². The number of likely N-dealkylation sites (tertiary alicyclic amines) is 1. The molecule has 1 saturated heterocycles. The Morgan fingerprint density at radius 3 is 2.27 bits per heavy atom. The van der Waals surface area contributed by atoms with E-state index in [0.29, 0.717) is 18.4 Å². The van der Waals surface area contributed by atoms with Gasteiger partial charge < -0.3 is 15.1 Å². The largest absolute Gasteiger partial charge is 0.507 e. The number of carboxylic acid groups (broad SMARTS) is 1. The van der Waals surface area contributed by atoms with Crippen LogP contribution in [0.15, 0.2) is 18.2 Å². The number of phenols is 1. The maximum absolute atomic E-state index is 12.4. The lowest BCUT2D eigenvalue weighted by Crippen LogP contribution is -2.45. The standard InChI is InChI=1S/C14H14F3NO4/c15-14(16,17)13(22)18-5-3-8(4-6-18)9-1-2-11(19)10(7-9)12(20)21/h1-2,7-8,19H,3-6H2,(H,20,21). The van der Waals surface area contributed by atoms with Crippen molar-refractivity contribution in [2.24, 2.45) is 0 Å². The van der Waals surface area contributed by atoms with Gasteiger partial charge in [0.1, 0.15) is 11.3 Å². The van der Waals surface area contributed by atoms with E-state index in [9.17, 15) is 27.9 Å². The van der Waals surface area contributed by atoms with Gasteiger partial charge in [0.25, 0.3) is 0 Å². The average molecular weight is 317 g/mol. The van der Waals surface area contributed by atoms with E-state index in [-0.39, 0.29) is 30.3 Å². The number of carbonyl (C=O) groups is 2. The van der Waals surface area contributed by atoms with Crippen molar-refractivity contribution in [2.75, 3.05) is 13.1 Å². The van der Waals surface area contributed by atoms with E-state index in [1.54, 1.807) is 6.07 Å². The Balaban J connectivity index is 2.08. The maximum Gasteiger partial charge on any atom is 0.471 e. The first kappa shape index (κ1) is 16.1. The first-order valence-electron chi connectivity index (χ1n) is 6.62. The summed E-state index contributed by atoms with van der Waals surface area (Å²) in [5.74, 6) is -3.62. The van der Waals surface area contributed by atoms with Gasteiger partial charge in [-0.3, -0.25) is 4.79 Å². The number of amides is 1. The molecule has 0 atom stereocenters. The Bertz CT molecular complexity index is 592. The van der Waals surface area contributed by atoms with E-state index in [1.807, 2.05) is 0 Å². The summed E-state index contributed by atoms with van der Waals surface area (Å²) in [7, 11) is 0. The number of rotatable bonds is 2. The fourth-order valence-electron chi connectivity index (χ4n) is 2.57. The van der Waals surface area contributed by atoms with Crippen LogP contribution in [0.2, 0.25) is 0 Å². The quantitative estimate of drug-likeness (QED) is 0.878. The molecule has 0 radical (unpaired) electrons. The summed E-state index contributed by atoms with van der Waals surface area (Å²) < 4.78 is 37.1. The van der Waals surface area contributed by atoms with Crippen LogP contribution in [0.4, 0.5) is 13.2 Å². The Morgan fingerprint density at radius 2 is 1.77 bits per heavy atom. The van der Waals surface area contributed by atoms with Crippen LogP contribution >= 0.6 is 0 Å². The topological polar surface area (TPSA) is 77.8 Å². The molecule has 1 aromatic rings. The SMILES string of the molecule is O=C(O)c1cc(C2CCN(C(=O)C(F)(F)F)CC2)ccc1O. The third kappa shape index (κ3) is 3.32. The third-order valence-electron chi connectivity index (χ3n) is 3.75.